The van der Waals surface area contributed by atoms with Crippen LogP contribution in [0.15, 0.2) is 33.3 Å². The Kier molecular flexibility index (Phi) is 5.24. The van der Waals surface area contributed by atoms with E-state index in [1.807, 2.05) is 6.92 Å². The first-order chi connectivity index (χ1) is 13.2. The quantitative estimate of drug-likeness (QED) is 0.696. The topological polar surface area (TPSA) is 89.9 Å². The Morgan fingerprint density at radius 1 is 1.15 bits per heavy atom. The molecule has 1 fully saturated rings. The van der Waals surface area contributed by atoms with Crippen LogP contribution in [0.3, 0.4) is 0 Å². The van der Waals surface area contributed by atoms with Gasteiger partial charge in [-0.25, -0.2) is 4.39 Å². The molecule has 142 valence electrons. The van der Waals surface area contributed by atoms with Crippen LogP contribution in [0, 0.1) is 5.82 Å². The summed E-state index contributed by atoms with van der Waals surface area (Å²) in [6.07, 6.45) is 5.98. The van der Waals surface area contributed by atoms with Crippen molar-refractivity contribution >= 4 is 0 Å². The molecule has 0 bridgehead atoms. The van der Waals surface area contributed by atoms with E-state index < -0.39 is 0 Å². The minimum absolute atomic E-state index is 0.198. The first-order valence-corrected chi connectivity index (χ1v) is 9.34. The highest BCUT2D eigenvalue weighted by Crippen LogP contribution is 2.31. The van der Waals surface area contributed by atoms with Gasteiger partial charge in [-0.1, -0.05) is 41.7 Å². The average Bonchev–Trinajstić information content (AvgIpc) is 3.37. The molecular formula is C19H22FN5O2. The van der Waals surface area contributed by atoms with Crippen LogP contribution in [-0.2, 0) is 6.54 Å². The molecule has 0 aliphatic heterocycles. The molecule has 2 aromatic heterocycles. The highest BCUT2D eigenvalue weighted by molar-refractivity contribution is 5.53. The zero-order valence-electron chi connectivity index (χ0n) is 15.2. The van der Waals surface area contributed by atoms with Crippen LogP contribution < -0.4 is 5.32 Å². The summed E-state index contributed by atoms with van der Waals surface area (Å²) in [5.74, 6) is 2.19. The predicted molar refractivity (Wildman–Crippen MR) is 95.1 cm³/mol. The van der Waals surface area contributed by atoms with Crippen LogP contribution in [0.2, 0.25) is 0 Å². The number of aromatic nitrogens is 4. The van der Waals surface area contributed by atoms with Crippen molar-refractivity contribution in [1.29, 1.82) is 0 Å². The Morgan fingerprint density at radius 2 is 2.00 bits per heavy atom. The monoisotopic (exact) mass is 371 g/mol. The van der Waals surface area contributed by atoms with Gasteiger partial charge in [-0.15, -0.1) is 0 Å². The molecule has 2 heterocycles. The molecule has 1 N–H and O–H groups in total. The second-order valence-corrected chi connectivity index (χ2v) is 6.95. The average molecular weight is 371 g/mol. The Bertz CT molecular complexity index is 888. The largest absolute Gasteiger partial charge is 0.339 e. The van der Waals surface area contributed by atoms with E-state index in [4.69, 9.17) is 9.05 Å². The molecule has 4 rings (SSSR count). The molecule has 1 aliphatic carbocycles. The minimum atomic E-state index is -0.337. The summed E-state index contributed by atoms with van der Waals surface area (Å²) in [4.78, 5) is 8.85. The molecular weight excluding hydrogens is 349 g/mol. The van der Waals surface area contributed by atoms with Crippen molar-refractivity contribution in [3.63, 3.8) is 0 Å². The third kappa shape index (κ3) is 4.21. The summed E-state index contributed by atoms with van der Waals surface area (Å²) in [7, 11) is 0. The molecule has 27 heavy (non-hydrogen) atoms. The van der Waals surface area contributed by atoms with E-state index in [0.29, 0.717) is 35.6 Å². The van der Waals surface area contributed by atoms with E-state index >= 15 is 0 Å². The molecule has 1 atom stereocenters. The molecule has 3 aromatic rings. The normalized spacial score (nSPS) is 16.5. The highest BCUT2D eigenvalue weighted by Gasteiger charge is 2.22. The minimum Gasteiger partial charge on any atom is -0.339 e. The maximum Gasteiger partial charge on any atom is 0.243 e. The van der Waals surface area contributed by atoms with Crippen molar-refractivity contribution in [3.8, 4) is 11.4 Å². The molecule has 1 saturated carbocycles. The number of halogens is 1. The van der Waals surface area contributed by atoms with E-state index in [2.05, 4.69) is 25.6 Å². The SMILES string of the molecule is CC(NCc1noc(C2CCCCC2)n1)c1nc(-c2cccc(F)c2)no1. The number of benzene rings is 1. The zero-order chi connectivity index (χ0) is 18.6. The lowest BCUT2D eigenvalue weighted by Gasteiger charge is -2.17. The predicted octanol–water partition coefficient (Wildman–Crippen LogP) is 4.16. The smallest absolute Gasteiger partial charge is 0.243 e. The van der Waals surface area contributed by atoms with Gasteiger partial charge in [0, 0.05) is 11.5 Å². The second-order valence-electron chi connectivity index (χ2n) is 6.95. The van der Waals surface area contributed by atoms with E-state index in [1.165, 1.54) is 31.4 Å². The Hall–Kier alpha value is -2.61. The van der Waals surface area contributed by atoms with Crippen LogP contribution in [0.5, 0.6) is 0 Å². The fourth-order valence-electron chi connectivity index (χ4n) is 3.34. The van der Waals surface area contributed by atoms with Crippen molar-refractivity contribution in [2.45, 2.75) is 57.5 Å². The second kappa shape index (κ2) is 7.96. The van der Waals surface area contributed by atoms with Crippen LogP contribution in [0.1, 0.15) is 68.6 Å². The highest BCUT2D eigenvalue weighted by atomic mass is 19.1. The summed E-state index contributed by atoms with van der Waals surface area (Å²) < 4.78 is 24.1. The zero-order valence-corrected chi connectivity index (χ0v) is 15.2. The van der Waals surface area contributed by atoms with E-state index in [0.717, 1.165) is 18.7 Å². The van der Waals surface area contributed by atoms with Gasteiger partial charge in [-0.3, -0.25) is 5.32 Å². The number of hydrogen-bond acceptors (Lipinski definition) is 7. The van der Waals surface area contributed by atoms with Crippen LogP contribution >= 0.6 is 0 Å². The Morgan fingerprint density at radius 3 is 2.81 bits per heavy atom. The molecule has 1 unspecified atom stereocenters. The van der Waals surface area contributed by atoms with Crippen molar-refractivity contribution in [2.75, 3.05) is 0 Å². The first-order valence-electron chi connectivity index (χ1n) is 9.34. The third-order valence-electron chi connectivity index (χ3n) is 4.90. The van der Waals surface area contributed by atoms with Crippen LogP contribution in [0.4, 0.5) is 4.39 Å². The molecule has 0 radical (unpaired) electrons. The Balaban J connectivity index is 1.36. The van der Waals surface area contributed by atoms with Crippen molar-refractivity contribution in [1.82, 2.24) is 25.6 Å². The van der Waals surface area contributed by atoms with E-state index in [1.54, 1.807) is 12.1 Å². The number of hydrogen-bond donors (Lipinski definition) is 1. The molecule has 0 saturated heterocycles. The van der Waals surface area contributed by atoms with Crippen molar-refractivity contribution < 1.29 is 13.4 Å². The Labute approximate surface area is 156 Å². The van der Waals surface area contributed by atoms with E-state index in [-0.39, 0.29) is 11.9 Å². The van der Waals surface area contributed by atoms with Gasteiger partial charge in [-0.05, 0) is 31.9 Å². The molecule has 8 heteroatoms. The summed E-state index contributed by atoms with van der Waals surface area (Å²) in [6.45, 7) is 2.35. The van der Waals surface area contributed by atoms with Gasteiger partial charge in [0.15, 0.2) is 5.82 Å². The standard InChI is InChI=1S/C19H22FN5O2/c1-12(18-23-17(25-26-18)14-8-5-9-15(20)10-14)21-11-16-22-19(27-24-16)13-6-3-2-4-7-13/h5,8-10,12-13,21H,2-4,6-7,11H2,1H3. The third-order valence-corrected chi connectivity index (χ3v) is 4.90. The van der Waals surface area contributed by atoms with Crippen LogP contribution in [-0.4, -0.2) is 20.3 Å². The van der Waals surface area contributed by atoms with Gasteiger partial charge in [0.1, 0.15) is 5.82 Å². The van der Waals surface area contributed by atoms with Gasteiger partial charge in [-0.2, -0.15) is 9.97 Å². The first kappa shape index (κ1) is 17.8. The van der Waals surface area contributed by atoms with Crippen LogP contribution in [0.25, 0.3) is 11.4 Å². The summed E-state index contributed by atoms with van der Waals surface area (Å²) >= 11 is 0. The lowest BCUT2D eigenvalue weighted by Crippen LogP contribution is -2.19. The summed E-state index contributed by atoms with van der Waals surface area (Å²) in [5.41, 5.74) is 0.576. The maximum atomic E-state index is 13.3. The lowest BCUT2D eigenvalue weighted by atomic mass is 9.89. The fraction of sp³-hybridized carbons (Fsp3) is 0.474. The van der Waals surface area contributed by atoms with Gasteiger partial charge in [0.2, 0.25) is 17.6 Å². The molecule has 7 nitrogen and oxygen atoms in total. The lowest BCUT2D eigenvalue weighted by molar-refractivity contribution is 0.310. The van der Waals surface area contributed by atoms with Gasteiger partial charge in [0.25, 0.3) is 0 Å². The number of rotatable bonds is 6. The van der Waals surface area contributed by atoms with Gasteiger partial charge in [0.05, 0.1) is 12.6 Å². The van der Waals surface area contributed by atoms with Gasteiger partial charge < -0.3 is 9.05 Å². The molecule has 1 aromatic carbocycles. The van der Waals surface area contributed by atoms with Crippen molar-refractivity contribution in [3.05, 3.63) is 47.7 Å². The fourth-order valence-corrected chi connectivity index (χ4v) is 3.34. The maximum absolute atomic E-state index is 13.3. The molecule has 0 amide bonds. The molecule has 1 aliphatic rings. The van der Waals surface area contributed by atoms with Crippen molar-refractivity contribution in [2.24, 2.45) is 0 Å². The summed E-state index contributed by atoms with van der Waals surface area (Å²) in [5, 5.41) is 11.2. The van der Waals surface area contributed by atoms with E-state index in [9.17, 15) is 4.39 Å². The molecule has 0 spiro atoms. The number of nitrogens with one attached hydrogen (secondary N) is 1. The summed E-state index contributed by atoms with van der Waals surface area (Å²) in [6, 6.07) is 5.90. The number of nitrogens with zero attached hydrogens (tertiary/aromatic N) is 4. The van der Waals surface area contributed by atoms with Gasteiger partial charge >= 0.3 is 0 Å².